The van der Waals surface area contributed by atoms with Crippen molar-refractivity contribution < 1.29 is 10.2 Å². The summed E-state index contributed by atoms with van der Waals surface area (Å²) in [6.45, 7) is 2.75. The zero-order valence-corrected chi connectivity index (χ0v) is 12.4. The summed E-state index contributed by atoms with van der Waals surface area (Å²) in [6.07, 6.45) is 5.04. The van der Waals surface area contributed by atoms with E-state index in [1.165, 1.54) is 25.7 Å². The Bertz CT molecular complexity index is 486. The van der Waals surface area contributed by atoms with Gasteiger partial charge in [-0.3, -0.25) is 0 Å². The van der Waals surface area contributed by atoms with Gasteiger partial charge in [0.05, 0.1) is 6.10 Å². The molecule has 0 aliphatic heterocycles. The summed E-state index contributed by atoms with van der Waals surface area (Å²) in [6, 6.07) is 5.59. The molecule has 20 heavy (non-hydrogen) atoms. The van der Waals surface area contributed by atoms with Crippen LogP contribution in [0.3, 0.4) is 0 Å². The molecule has 0 amide bonds. The van der Waals surface area contributed by atoms with Crippen molar-refractivity contribution in [3.63, 3.8) is 0 Å². The number of phenolic OH excluding ortho intramolecular Hbond substituents is 1. The summed E-state index contributed by atoms with van der Waals surface area (Å²) in [7, 11) is 2.10. The van der Waals surface area contributed by atoms with Crippen LogP contribution in [-0.4, -0.2) is 23.8 Å². The van der Waals surface area contributed by atoms with Gasteiger partial charge in [-0.25, -0.2) is 0 Å². The first kappa shape index (κ1) is 13.7. The Morgan fingerprint density at radius 1 is 1.30 bits per heavy atom. The summed E-state index contributed by atoms with van der Waals surface area (Å²) in [5, 5.41) is 19.6. The number of fused-ring (bicyclic) bond motifs is 2. The molecule has 4 unspecified atom stereocenters. The van der Waals surface area contributed by atoms with E-state index in [1.54, 1.807) is 13.0 Å². The third-order valence-corrected chi connectivity index (χ3v) is 5.30. The molecule has 2 saturated carbocycles. The first-order valence-electron chi connectivity index (χ1n) is 7.76. The topological polar surface area (TPSA) is 43.7 Å². The van der Waals surface area contributed by atoms with Crippen LogP contribution in [0, 0.1) is 17.8 Å². The molecule has 1 aromatic rings. The molecule has 0 radical (unpaired) electrons. The second-order valence-corrected chi connectivity index (χ2v) is 6.73. The van der Waals surface area contributed by atoms with E-state index < -0.39 is 6.10 Å². The Balaban J connectivity index is 1.68. The van der Waals surface area contributed by atoms with E-state index in [0.717, 1.165) is 30.0 Å². The van der Waals surface area contributed by atoms with Crippen LogP contribution in [0.4, 0.5) is 5.69 Å². The third kappa shape index (κ3) is 2.51. The highest BCUT2D eigenvalue weighted by Gasteiger charge is 2.39. The molecule has 0 saturated heterocycles. The molecule has 2 N–H and O–H groups in total. The minimum Gasteiger partial charge on any atom is -0.507 e. The van der Waals surface area contributed by atoms with Crippen LogP contribution in [0.5, 0.6) is 5.75 Å². The molecule has 2 aliphatic rings. The number of nitrogens with zero attached hydrogens (tertiary/aromatic N) is 1. The van der Waals surface area contributed by atoms with E-state index in [0.29, 0.717) is 5.56 Å². The van der Waals surface area contributed by atoms with Crippen LogP contribution in [0.25, 0.3) is 0 Å². The van der Waals surface area contributed by atoms with Crippen molar-refractivity contribution in [2.45, 2.75) is 38.7 Å². The van der Waals surface area contributed by atoms with E-state index in [2.05, 4.69) is 11.9 Å². The molecule has 0 heterocycles. The second-order valence-electron chi connectivity index (χ2n) is 6.73. The molecule has 3 heteroatoms. The highest BCUT2D eigenvalue weighted by atomic mass is 16.3. The van der Waals surface area contributed by atoms with Crippen LogP contribution in [0.1, 0.15) is 44.3 Å². The molecule has 0 aromatic heterocycles. The van der Waals surface area contributed by atoms with Crippen molar-refractivity contribution in [1.29, 1.82) is 0 Å². The fourth-order valence-corrected chi connectivity index (χ4v) is 4.18. The van der Waals surface area contributed by atoms with Crippen LogP contribution in [0.15, 0.2) is 18.2 Å². The molecule has 4 atom stereocenters. The zero-order chi connectivity index (χ0) is 14.3. The largest absolute Gasteiger partial charge is 0.507 e. The Labute approximate surface area is 121 Å². The summed E-state index contributed by atoms with van der Waals surface area (Å²) in [5.41, 5.74) is 1.64. The maximum absolute atomic E-state index is 9.99. The lowest BCUT2D eigenvalue weighted by Crippen LogP contribution is -2.28. The van der Waals surface area contributed by atoms with Gasteiger partial charge in [0, 0.05) is 30.9 Å². The predicted octanol–water partition coefficient (Wildman–Crippen LogP) is 3.32. The smallest absolute Gasteiger partial charge is 0.123 e. The minimum atomic E-state index is -0.625. The van der Waals surface area contributed by atoms with Crippen LogP contribution >= 0.6 is 0 Å². The van der Waals surface area contributed by atoms with Gasteiger partial charge in [-0.2, -0.15) is 0 Å². The van der Waals surface area contributed by atoms with Gasteiger partial charge < -0.3 is 15.1 Å². The van der Waals surface area contributed by atoms with Gasteiger partial charge in [0.25, 0.3) is 0 Å². The molecular formula is C17H25NO2. The van der Waals surface area contributed by atoms with Gasteiger partial charge in [0.1, 0.15) is 5.75 Å². The average molecular weight is 275 g/mol. The fraction of sp³-hybridized carbons (Fsp3) is 0.647. The van der Waals surface area contributed by atoms with Gasteiger partial charge in [-0.05, 0) is 50.0 Å². The van der Waals surface area contributed by atoms with Crippen molar-refractivity contribution in [3.8, 4) is 5.75 Å². The van der Waals surface area contributed by atoms with Crippen molar-refractivity contribution in [2.75, 3.05) is 18.5 Å². The Morgan fingerprint density at radius 2 is 2.10 bits per heavy atom. The van der Waals surface area contributed by atoms with Crippen molar-refractivity contribution in [3.05, 3.63) is 23.8 Å². The summed E-state index contributed by atoms with van der Waals surface area (Å²) >= 11 is 0. The number of rotatable bonds is 4. The Hall–Kier alpha value is -1.22. The molecule has 110 valence electrons. The van der Waals surface area contributed by atoms with Gasteiger partial charge in [0.15, 0.2) is 0 Å². The average Bonchev–Trinajstić information content (AvgIpc) is 3.00. The SMILES string of the molecule is CC(O)c1ccc(N(C)CC2CC3CCC2C3)cc1O. The van der Waals surface area contributed by atoms with Gasteiger partial charge in [0.2, 0.25) is 0 Å². The normalized spacial score (nSPS) is 29.6. The van der Waals surface area contributed by atoms with Crippen LogP contribution in [0.2, 0.25) is 0 Å². The van der Waals surface area contributed by atoms with Crippen molar-refractivity contribution >= 4 is 5.69 Å². The summed E-state index contributed by atoms with van der Waals surface area (Å²) < 4.78 is 0. The lowest BCUT2D eigenvalue weighted by atomic mass is 9.88. The van der Waals surface area contributed by atoms with E-state index >= 15 is 0 Å². The zero-order valence-electron chi connectivity index (χ0n) is 12.4. The maximum atomic E-state index is 9.99. The predicted molar refractivity (Wildman–Crippen MR) is 80.9 cm³/mol. The second kappa shape index (κ2) is 5.28. The molecule has 0 spiro atoms. The number of anilines is 1. The summed E-state index contributed by atoms with van der Waals surface area (Å²) in [5.74, 6) is 2.91. The van der Waals surface area contributed by atoms with Gasteiger partial charge in [-0.1, -0.05) is 12.5 Å². The Morgan fingerprint density at radius 3 is 2.65 bits per heavy atom. The lowest BCUT2D eigenvalue weighted by molar-refractivity contribution is 0.195. The number of hydrogen-bond acceptors (Lipinski definition) is 3. The first-order chi connectivity index (χ1) is 9.54. The standard InChI is InChI=1S/C17H25NO2/c1-11(19)16-6-5-15(9-17(16)20)18(2)10-14-8-12-3-4-13(14)7-12/h5-6,9,11-14,19-20H,3-4,7-8,10H2,1-2H3. The molecule has 2 aliphatic carbocycles. The first-order valence-corrected chi connectivity index (χ1v) is 7.76. The number of hydrogen-bond donors (Lipinski definition) is 2. The number of aromatic hydroxyl groups is 1. The number of benzene rings is 1. The minimum absolute atomic E-state index is 0.192. The molecule has 1 aromatic carbocycles. The fourth-order valence-electron chi connectivity index (χ4n) is 4.18. The third-order valence-electron chi connectivity index (χ3n) is 5.30. The van der Waals surface area contributed by atoms with Gasteiger partial charge >= 0.3 is 0 Å². The Kier molecular flexibility index (Phi) is 3.63. The molecule has 2 bridgehead atoms. The van der Waals surface area contributed by atoms with Crippen LogP contribution < -0.4 is 4.90 Å². The van der Waals surface area contributed by atoms with Crippen molar-refractivity contribution in [1.82, 2.24) is 0 Å². The molecular weight excluding hydrogens is 250 g/mol. The highest BCUT2D eigenvalue weighted by Crippen LogP contribution is 2.48. The van der Waals surface area contributed by atoms with E-state index in [1.807, 2.05) is 12.1 Å². The number of aliphatic hydroxyl groups excluding tert-OH is 1. The number of aliphatic hydroxyl groups is 1. The molecule has 2 fully saturated rings. The highest BCUT2D eigenvalue weighted by molar-refractivity contribution is 5.53. The van der Waals surface area contributed by atoms with Crippen molar-refractivity contribution in [2.24, 2.45) is 17.8 Å². The quantitative estimate of drug-likeness (QED) is 0.886. The lowest BCUT2D eigenvalue weighted by Gasteiger charge is -2.29. The monoisotopic (exact) mass is 275 g/mol. The van der Waals surface area contributed by atoms with Crippen LogP contribution in [-0.2, 0) is 0 Å². The van der Waals surface area contributed by atoms with E-state index in [9.17, 15) is 10.2 Å². The van der Waals surface area contributed by atoms with E-state index in [4.69, 9.17) is 0 Å². The number of phenols is 1. The molecule has 3 rings (SSSR count). The van der Waals surface area contributed by atoms with E-state index in [-0.39, 0.29) is 5.75 Å². The van der Waals surface area contributed by atoms with Gasteiger partial charge in [-0.15, -0.1) is 0 Å². The summed E-state index contributed by atoms with van der Waals surface area (Å²) in [4.78, 5) is 2.25. The molecule has 3 nitrogen and oxygen atoms in total. The maximum Gasteiger partial charge on any atom is 0.123 e.